The zero-order valence-corrected chi connectivity index (χ0v) is 20.2. The topological polar surface area (TPSA) is 102 Å². The molecule has 172 valence electrons. The molecule has 10 nitrogen and oxygen atoms in total. The minimum Gasteiger partial charge on any atom is -0.352 e. The number of imidazole rings is 1. The molecule has 4 aromatic rings. The van der Waals surface area contributed by atoms with Crippen molar-refractivity contribution in [1.29, 1.82) is 0 Å². The molecule has 0 amide bonds. The maximum atomic E-state index is 13.1. The fraction of sp³-hybridized carbons (Fsp3) is 0.300. The minimum atomic E-state index is -3.77. The van der Waals surface area contributed by atoms with Crippen molar-refractivity contribution in [3.63, 3.8) is 0 Å². The van der Waals surface area contributed by atoms with Crippen molar-refractivity contribution in [2.45, 2.75) is 4.90 Å². The Morgan fingerprint density at radius 1 is 1.03 bits per heavy atom. The molecule has 0 N–H and O–H groups in total. The summed E-state index contributed by atoms with van der Waals surface area (Å²) in [6.07, 6.45) is 5.14. The predicted octanol–water partition coefficient (Wildman–Crippen LogP) is 2.58. The lowest BCUT2D eigenvalue weighted by Gasteiger charge is -2.34. The zero-order valence-electron chi connectivity index (χ0n) is 17.9. The number of aryl methyl sites for hydroxylation is 2. The summed E-state index contributed by atoms with van der Waals surface area (Å²) in [5.74, 6) is 1.40. The molecule has 0 spiro atoms. The summed E-state index contributed by atoms with van der Waals surface area (Å²) in [4.78, 5) is 15.7. The Labute approximate surface area is 200 Å². The van der Waals surface area contributed by atoms with E-state index in [1.165, 1.54) is 22.8 Å². The Morgan fingerprint density at radius 2 is 1.79 bits per heavy atom. The minimum absolute atomic E-state index is 0.0142. The van der Waals surface area contributed by atoms with E-state index >= 15 is 0 Å². The Bertz CT molecular complexity index is 1460. The molecule has 4 heterocycles. The molecule has 0 unspecified atom stereocenters. The van der Waals surface area contributed by atoms with Crippen molar-refractivity contribution >= 4 is 50.2 Å². The third-order valence-corrected chi connectivity index (χ3v) is 8.26. The second kappa shape index (κ2) is 8.24. The van der Waals surface area contributed by atoms with Crippen LogP contribution < -0.4 is 4.90 Å². The van der Waals surface area contributed by atoms with Crippen LogP contribution in [-0.4, -0.2) is 68.2 Å². The first-order chi connectivity index (χ1) is 15.8. The molecule has 0 aliphatic carbocycles. The van der Waals surface area contributed by atoms with Crippen molar-refractivity contribution in [3.05, 3.63) is 47.0 Å². The molecule has 0 atom stereocenters. The number of anilines is 1. The molecule has 1 saturated heterocycles. The van der Waals surface area contributed by atoms with E-state index in [1.54, 1.807) is 16.9 Å². The van der Waals surface area contributed by atoms with Crippen LogP contribution in [0.3, 0.4) is 0 Å². The van der Waals surface area contributed by atoms with Gasteiger partial charge in [-0.05, 0) is 18.2 Å². The molecule has 5 rings (SSSR count). The summed E-state index contributed by atoms with van der Waals surface area (Å²) in [6, 6.07) is 4.44. The molecule has 1 aliphatic heterocycles. The Hall–Kier alpha value is -2.73. The number of sulfonamides is 1. The van der Waals surface area contributed by atoms with Gasteiger partial charge in [-0.2, -0.15) is 9.40 Å². The van der Waals surface area contributed by atoms with Crippen LogP contribution in [-0.2, 0) is 24.1 Å². The lowest BCUT2D eigenvalue weighted by molar-refractivity contribution is 0.384. The van der Waals surface area contributed by atoms with E-state index in [0.717, 1.165) is 11.4 Å². The number of hydrogen-bond acceptors (Lipinski definition) is 7. The second-order valence-electron chi connectivity index (χ2n) is 7.73. The third-order valence-electron chi connectivity index (χ3n) is 5.65. The van der Waals surface area contributed by atoms with Crippen LogP contribution in [0.4, 0.5) is 5.82 Å². The Balaban J connectivity index is 1.42. The molecule has 0 radical (unpaired) electrons. The van der Waals surface area contributed by atoms with Crippen molar-refractivity contribution in [3.8, 4) is 11.4 Å². The van der Waals surface area contributed by atoms with Gasteiger partial charge in [-0.1, -0.05) is 23.2 Å². The van der Waals surface area contributed by atoms with Gasteiger partial charge in [-0.15, -0.1) is 0 Å². The Kier molecular flexibility index (Phi) is 5.52. The van der Waals surface area contributed by atoms with Crippen LogP contribution in [0.1, 0.15) is 0 Å². The molecule has 0 saturated carbocycles. The first-order valence-corrected chi connectivity index (χ1v) is 12.3. The molecule has 13 heteroatoms. The van der Waals surface area contributed by atoms with E-state index in [1.807, 2.05) is 29.8 Å². The van der Waals surface area contributed by atoms with Crippen molar-refractivity contribution in [2.24, 2.45) is 14.1 Å². The number of piperazine rings is 1. The standard InChI is InChI=1S/C20H20Cl2N8O2S/c1-27-11-13(10-25-27)18-26-17-19(28(18)2)23-12-24-20(17)29-5-7-30(8-6-29)33(31,32)16-9-14(21)3-4-15(16)22/h3-4,9-12H,5-8H2,1-2H3. The number of rotatable bonds is 4. The summed E-state index contributed by atoms with van der Waals surface area (Å²) in [7, 11) is -0.0259. The first kappa shape index (κ1) is 22.1. The summed E-state index contributed by atoms with van der Waals surface area (Å²) >= 11 is 12.2. The highest BCUT2D eigenvalue weighted by Crippen LogP contribution is 2.31. The number of benzene rings is 1. The molecular formula is C20H20Cl2N8O2S. The third kappa shape index (κ3) is 3.84. The van der Waals surface area contributed by atoms with Crippen molar-refractivity contribution < 1.29 is 8.42 Å². The highest BCUT2D eigenvalue weighted by Gasteiger charge is 2.31. The van der Waals surface area contributed by atoms with Crippen molar-refractivity contribution in [2.75, 3.05) is 31.1 Å². The quantitative estimate of drug-likeness (QED) is 0.419. The Morgan fingerprint density at radius 3 is 2.48 bits per heavy atom. The van der Waals surface area contributed by atoms with Crippen molar-refractivity contribution in [1.82, 2.24) is 33.6 Å². The molecular weight excluding hydrogens is 487 g/mol. The normalized spacial score (nSPS) is 15.5. The maximum Gasteiger partial charge on any atom is 0.244 e. The summed E-state index contributed by atoms with van der Waals surface area (Å²) in [5.41, 5.74) is 2.23. The average molecular weight is 507 g/mol. The van der Waals surface area contributed by atoms with Crippen LogP contribution in [0.5, 0.6) is 0 Å². The van der Waals surface area contributed by atoms with E-state index < -0.39 is 10.0 Å². The fourth-order valence-corrected chi connectivity index (χ4v) is 6.13. The van der Waals surface area contributed by atoms with Crippen LogP contribution >= 0.6 is 23.2 Å². The van der Waals surface area contributed by atoms with Gasteiger partial charge >= 0.3 is 0 Å². The van der Waals surface area contributed by atoms with Gasteiger partial charge in [-0.3, -0.25) is 4.68 Å². The van der Waals surface area contributed by atoms with Gasteiger partial charge in [0.05, 0.1) is 16.8 Å². The van der Waals surface area contributed by atoms with Gasteiger partial charge in [-0.25, -0.2) is 23.4 Å². The van der Waals surface area contributed by atoms with Gasteiger partial charge < -0.3 is 9.47 Å². The number of halogens is 2. The first-order valence-electron chi connectivity index (χ1n) is 10.1. The van der Waals surface area contributed by atoms with Crippen LogP contribution in [0, 0.1) is 0 Å². The monoisotopic (exact) mass is 506 g/mol. The van der Waals surface area contributed by atoms with Gasteiger partial charge in [0.15, 0.2) is 17.0 Å². The molecule has 0 bridgehead atoms. The highest BCUT2D eigenvalue weighted by molar-refractivity contribution is 7.89. The molecule has 1 aromatic carbocycles. The van der Waals surface area contributed by atoms with Crippen LogP contribution in [0.15, 0.2) is 41.8 Å². The zero-order chi connectivity index (χ0) is 23.3. The molecule has 33 heavy (non-hydrogen) atoms. The van der Waals surface area contributed by atoms with Crippen LogP contribution in [0.25, 0.3) is 22.6 Å². The fourth-order valence-electron chi connectivity index (χ4n) is 3.97. The van der Waals surface area contributed by atoms with Gasteiger partial charge in [0.1, 0.15) is 17.0 Å². The van der Waals surface area contributed by atoms with E-state index in [0.29, 0.717) is 35.1 Å². The summed E-state index contributed by atoms with van der Waals surface area (Å²) in [5, 5.41) is 4.69. The van der Waals surface area contributed by atoms with Gasteiger partial charge in [0, 0.05) is 51.5 Å². The second-order valence-corrected chi connectivity index (χ2v) is 10.5. The maximum absolute atomic E-state index is 13.1. The SMILES string of the molecule is Cn1cc(-c2nc3c(N4CCN(S(=O)(=O)c5cc(Cl)ccc5Cl)CC4)ncnc3n2C)cn1. The number of hydrogen-bond donors (Lipinski definition) is 0. The van der Waals surface area contributed by atoms with Gasteiger partial charge in [0.25, 0.3) is 0 Å². The van der Waals surface area contributed by atoms with Crippen LogP contribution in [0.2, 0.25) is 10.0 Å². The van der Waals surface area contributed by atoms with Gasteiger partial charge in [0.2, 0.25) is 10.0 Å². The molecule has 1 fully saturated rings. The molecule has 1 aliphatic rings. The lowest BCUT2D eigenvalue weighted by atomic mass is 10.3. The number of aromatic nitrogens is 6. The van der Waals surface area contributed by atoms with E-state index in [2.05, 4.69) is 15.1 Å². The number of nitrogens with zero attached hydrogens (tertiary/aromatic N) is 8. The largest absolute Gasteiger partial charge is 0.352 e. The van der Waals surface area contributed by atoms with E-state index in [9.17, 15) is 8.42 Å². The predicted molar refractivity (Wildman–Crippen MR) is 126 cm³/mol. The van der Waals surface area contributed by atoms with E-state index in [-0.39, 0.29) is 23.0 Å². The smallest absolute Gasteiger partial charge is 0.244 e. The van der Waals surface area contributed by atoms with E-state index in [4.69, 9.17) is 28.2 Å². The molecule has 3 aromatic heterocycles. The highest BCUT2D eigenvalue weighted by atomic mass is 35.5. The lowest BCUT2D eigenvalue weighted by Crippen LogP contribution is -2.49. The number of fused-ring (bicyclic) bond motifs is 1. The average Bonchev–Trinajstić information content (AvgIpc) is 3.38. The summed E-state index contributed by atoms with van der Waals surface area (Å²) in [6.45, 7) is 1.45. The summed E-state index contributed by atoms with van der Waals surface area (Å²) < 4.78 is 31.3.